The van der Waals surface area contributed by atoms with Crippen molar-refractivity contribution < 1.29 is 17.9 Å². The average Bonchev–Trinajstić information content (AvgIpc) is 2.89. The molecule has 0 aromatic carbocycles. The molecule has 2 aromatic heterocycles. The van der Waals surface area contributed by atoms with Crippen LogP contribution in [0.5, 0.6) is 0 Å². The van der Waals surface area contributed by atoms with Crippen LogP contribution in [-0.2, 0) is 14.6 Å². The molecule has 21 heavy (non-hydrogen) atoms. The van der Waals surface area contributed by atoms with Crippen LogP contribution in [0.1, 0.15) is 34.9 Å². The van der Waals surface area contributed by atoms with Gasteiger partial charge < -0.3 is 4.74 Å². The van der Waals surface area contributed by atoms with Crippen molar-refractivity contribution in [3.05, 3.63) is 29.7 Å². The van der Waals surface area contributed by atoms with Gasteiger partial charge in [0.1, 0.15) is 9.84 Å². The maximum atomic E-state index is 11.5. The molecule has 0 unspecified atom stereocenters. The fraction of sp³-hybridized carbons (Fsp3) is 0.462. The first kappa shape index (κ1) is 14.0. The van der Waals surface area contributed by atoms with Crippen molar-refractivity contribution in [3.8, 4) is 0 Å². The Kier molecular flexibility index (Phi) is 3.40. The van der Waals surface area contributed by atoms with E-state index in [1.54, 1.807) is 22.8 Å². The number of pyridine rings is 1. The summed E-state index contributed by atoms with van der Waals surface area (Å²) in [5, 5.41) is 4.37. The molecule has 1 aliphatic rings. The first-order chi connectivity index (χ1) is 9.98. The van der Waals surface area contributed by atoms with Crippen molar-refractivity contribution in [2.75, 3.05) is 18.6 Å². The fourth-order valence-corrected chi connectivity index (χ4v) is 3.96. The molecule has 0 amide bonds. The van der Waals surface area contributed by atoms with Gasteiger partial charge in [0.15, 0.2) is 11.5 Å². The van der Waals surface area contributed by atoms with Crippen molar-refractivity contribution in [2.24, 2.45) is 0 Å². The molecule has 0 N–H and O–H groups in total. The molecule has 3 heterocycles. The molecule has 8 heteroatoms. The molecule has 0 atom stereocenters. The van der Waals surface area contributed by atoms with E-state index in [4.69, 9.17) is 0 Å². The third-order valence-corrected chi connectivity index (χ3v) is 5.41. The predicted octanol–water partition coefficient (Wildman–Crippen LogP) is 0.808. The summed E-state index contributed by atoms with van der Waals surface area (Å²) in [4.78, 5) is 15.9. The number of sulfone groups is 1. The molecule has 0 saturated carbocycles. The standard InChI is InChI=1S/C13H15N3O4S/c1-20-13(17)10-2-5-16-11(8-10)14-12(15-16)9-3-6-21(18,19)7-4-9/h2,5,8-9H,3-4,6-7H2,1H3. The van der Waals surface area contributed by atoms with E-state index in [0.29, 0.717) is 29.9 Å². The second-order valence-corrected chi connectivity index (χ2v) is 7.41. The maximum Gasteiger partial charge on any atom is 0.338 e. The Balaban J connectivity index is 1.89. The van der Waals surface area contributed by atoms with Crippen LogP contribution in [0.15, 0.2) is 18.3 Å². The zero-order chi connectivity index (χ0) is 15.0. The van der Waals surface area contributed by atoms with Gasteiger partial charge in [-0.15, -0.1) is 0 Å². The number of aromatic nitrogens is 3. The largest absolute Gasteiger partial charge is 0.465 e. The highest BCUT2D eigenvalue weighted by Gasteiger charge is 2.27. The SMILES string of the molecule is COC(=O)c1ccn2nc(C3CCS(=O)(=O)CC3)nc2c1. The molecule has 0 bridgehead atoms. The van der Waals surface area contributed by atoms with Gasteiger partial charge in [0.2, 0.25) is 0 Å². The number of hydrogen-bond donors (Lipinski definition) is 0. The molecule has 1 aliphatic heterocycles. The van der Waals surface area contributed by atoms with Crippen LogP contribution in [0.3, 0.4) is 0 Å². The Bertz CT molecular complexity index is 783. The van der Waals surface area contributed by atoms with E-state index >= 15 is 0 Å². The third-order valence-electron chi connectivity index (χ3n) is 3.69. The van der Waals surface area contributed by atoms with Gasteiger partial charge in [-0.3, -0.25) is 0 Å². The Morgan fingerprint density at radius 1 is 1.38 bits per heavy atom. The lowest BCUT2D eigenvalue weighted by molar-refractivity contribution is 0.0600. The molecular weight excluding hydrogens is 294 g/mol. The molecule has 0 spiro atoms. The van der Waals surface area contributed by atoms with E-state index in [-0.39, 0.29) is 17.4 Å². The monoisotopic (exact) mass is 309 g/mol. The topological polar surface area (TPSA) is 90.6 Å². The van der Waals surface area contributed by atoms with Crippen molar-refractivity contribution >= 4 is 21.5 Å². The number of fused-ring (bicyclic) bond motifs is 1. The summed E-state index contributed by atoms with van der Waals surface area (Å²) < 4.78 is 29.2. The second-order valence-electron chi connectivity index (χ2n) is 5.11. The highest BCUT2D eigenvalue weighted by Crippen LogP contribution is 2.27. The molecule has 2 aromatic rings. The van der Waals surface area contributed by atoms with Gasteiger partial charge in [0.25, 0.3) is 0 Å². The van der Waals surface area contributed by atoms with E-state index in [0.717, 1.165) is 0 Å². The number of nitrogens with zero attached hydrogens (tertiary/aromatic N) is 3. The fourth-order valence-electron chi connectivity index (χ4n) is 2.46. The molecule has 112 valence electrons. The molecular formula is C13H15N3O4S. The summed E-state index contributed by atoms with van der Waals surface area (Å²) in [5.41, 5.74) is 0.969. The van der Waals surface area contributed by atoms with Gasteiger partial charge >= 0.3 is 5.97 Å². The number of hydrogen-bond acceptors (Lipinski definition) is 6. The Morgan fingerprint density at radius 3 is 2.76 bits per heavy atom. The zero-order valence-electron chi connectivity index (χ0n) is 11.5. The van der Waals surface area contributed by atoms with E-state index in [9.17, 15) is 13.2 Å². The van der Waals surface area contributed by atoms with Crippen molar-refractivity contribution in [1.29, 1.82) is 0 Å². The lowest BCUT2D eigenvalue weighted by Gasteiger charge is -2.18. The van der Waals surface area contributed by atoms with Crippen LogP contribution in [0, 0.1) is 0 Å². The second kappa shape index (κ2) is 5.10. The number of carbonyl (C=O) groups excluding carboxylic acids is 1. The van der Waals surface area contributed by atoms with E-state index < -0.39 is 15.8 Å². The summed E-state index contributed by atoms with van der Waals surface area (Å²) in [7, 11) is -1.57. The summed E-state index contributed by atoms with van der Waals surface area (Å²) in [6.07, 6.45) is 2.74. The number of rotatable bonds is 2. The normalized spacial score (nSPS) is 18.7. The summed E-state index contributed by atoms with van der Waals surface area (Å²) in [6, 6.07) is 3.23. The van der Waals surface area contributed by atoms with Gasteiger partial charge in [-0.25, -0.2) is 22.7 Å². The quantitative estimate of drug-likeness (QED) is 0.762. The van der Waals surface area contributed by atoms with Crippen LogP contribution >= 0.6 is 0 Å². The highest BCUT2D eigenvalue weighted by atomic mass is 32.2. The van der Waals surface area contributed by atoms with Crippen LogP contribution in [0.4, 0.5) is 0 Å². The lowest BCUT2D eigenvalue weighted by atomic mass is 10.0. The number of esters is 1. The Hall–Kier alpha value is -1.96. The minimum atomic E-state index is -2.90. The summed E-state index contributed by atoms with van der Waals surface area (Å²) in [5.74, 6) is 0.620. The Morgan fingerprint density at radius 2 is 2.10 bits per heavy atom. The molecule has 0 radical (unpaired) electrons. The maximum absolute atomic E-state index is 11.5. The Labute approximate surface area is 121 Å². The van der Waals surface area contributed by atoms with Gasteiger partial charge in [-0.05, 0) is 25.0 Å². The lowest BCUT2D eigenvalue weighted by Crippen LogP contribution is -2.22. The minimum absolute atomic E-state index is 0.0509. The van der Waals surface area contributed by atoms with Crippen molar-refractivity contribution in [3.63, 3.8) is 0 Å². The number of carbonyl (C=O) groups is 1. The smallest absolute Gasteiger partial charge is 0.338 e. The average molecular weight is 309 g/mol. The van der Waals surface area contributed by atoms with Gasteiger partial charge in [-0.1, -0.05) is 0 Å². The zero-order valence-corrected chi connectivity index (χ0v) is 12.3. The predicted molar refractivity (Wildman–Crippen MR) is 75.0 cm³/mol. The van der Waals surface area contributed by atoms with Gasteiger partial charge in [0.05, 0.1) is 24.2 Å². The molecule has 3 rings (SSSR count). The first-order valence-electron chi connectivity index (χ1n) is 6.63. The van der Waals surface area contributed by atoms with Crippen molar-refractivity contribution in [2.45, 2.75) is 18.8 Å². The molecule has 1 fully saturated rings. The van der Waals surface area contributed by atoms with E-state index in [1.807, 2.05) is 0 Å². The van der Waals surface area contributed by atoms with Gasteiger partial charge in [0, 0.05) is 12.1 Å². The summed E-state index contributed by atoms with van der Waals surface area (Å²) >= 11 is 0. The van der Waals surface area contributed by atoms with E-state index in [1.165, 1.54) is 7.11 Å². The number of methoxy groups -OCH3 is 1. The first-order valence-corrected chi connectivity index (χ1v) is 8.46. The summed E-state index contributed by atoms with van der Waals surface area (Å²) in [6.45, 7) is 0. The van der Waals surface area contributed by atoms with Crippen LogP contribution in [0.25, 0.3) is 5.65 Å². The molecule has 1 saturated heterocycles. The van der Waals surface area contributed by atoms with E-state index in [2.05, 4.69) is 14.8 Å². The molecule has 7 nitrogen and oxygen atoms in total. The van der Waals surface area contributed by atoms with Crippen molar-refractivity contribution in [1.82, 2.24) is 14.6 Å². The minimum Gasteiger partial charge on any atom is -0.465 e. The third kappa shape index (κ3) is 2.76. The van der Waals surface area contributed by atoms with Crippen LogP contribution < -0.4 is 0 Å². The van der Waals surface area contributed by atoms with Crippen LogP contribution in [-0.4, -0.2) is 47.6 Å². The number of ether oxygens (including phenoxy) is 1. The highest BCUT2D eigenvalue weighted by molar-refractivity contribution is 7.91. The van der Waals surface area contributed by atoms with Crippen LogP contribution in [0.2, 0.25) is 0 Å². The van der Waals surface area contributed by atoms with Gasteiger partial charge in [-0.2, -0.15) is 5.10 Å². The molecule has 0 aliphatic carbocycles.